The molecule has 1 atom stereocenters. The highest BCUT2D eigenvalue weighted by molar-refractivity contribution is 5.97. The van der Waals surface area contributed by atoms with E-state index in [1.807, 2.05) is 74.5 Å². The molecule has 2 aromatic carbocycles. The lowest BCUT2D eigenvalue weighted by Gasteiger charge is -2.33. The molecule has 3 heterocycles. The SMILES string of the molecule is CC(C)C(C(=O)Nc1ccc(N2CCOCC2)cc1)N(Cc1cccnc1)C(=O)Cn1nnc2ccccc21. The molecule has 10 nitrogen and oxygen atoms in total. The maximum atomic E-state index is 13.8. The minimum Gasteiger partial charge on any atom is -0.378 e. The molecular formula is C29H33N7O3. The van der Waals surface area contributed by atoms with Crippen LogP contribution in [-0.4, -0.2) is 69.0 Å². The van der Waals surface area contributed by atoms with E-state index in [1.54, 1.807) is 22.0 Å². The molecule has 2 aromatic heterocycles. The molecule has 5 rings (SSSR count). The molecular weight excluding hydrogens is 494 g/mol. The minimum absolute atomic E-state index is 0.0362. The van der Waals surface area contributed by atoms with Crippen molar-refractivity contribution in [3.8, 4) is 0 Å². The fraction of sp³-hybridized carbons (Fsp3) is 0.345. The lowest BCUT2D eigenvalue weighted by molar-refractivity contribution is -0.141. The van der Waals surface area contributed by atoms with Crippen LogP contribution in [0.15, 0.2) is 73.1 Å². The van der Waals surface area contributed by atoms with Crippen LogP contribution in [0.5, 0.6) is 0 Å². The van der Waals surface area contributed by atoms with Crippen molar-refractivity contribution in [2.45, 2.75) is 33.0 Å². The number of rotatable bonds is 9. The van der Waals surface area contributed by atoms with Crippen LogP contribution in [0.2, 0.25) is 0 Å². The van der Waals surface area contributed by atoms with E-state index in [-0.39, 0.29) is 30.8 Å². The van der Waals surface area contributed by atoms with Crippen LogP contribution in [-0.2, 0) is 27.4 Å². The van der Waals surface area contributed by atoms with Crippen molar-refractivity contribution in [2.75, 3.05) is 36.5 Å². The summed E-state index contributed by atoms with van der Waals surface area (Å²) >= 11 is 0. The molecule has 4 aromatic rings. The Morgan fingerprint density at radius 2 is 1.79 bits per heavy atom. The van der Waals surface area contributed by atoms with Crippen LogP contribution in [0.4, 0.5) is 11.4 Å². The number of aromatic nitrogens is 4. The van der Waals surface area contributed by atoms with Gasteiger partial charge in [0, 0.05) is 43.4 Å². The molecule has 1 fully saturated rings. The number of hydrogen-bond acceptors (Lipinski definition) is 7. The standard InChI is InChI=1S/C29H33N7O3/c1-21(2)28(29(38)31-23-9-11-24(12-10-23)34-14-16-39-17-15-34)35(19-22-6-5-13-30-18-22)27(37)20-36-26-8-4-3-7-25(26)32-33-36/h3-13,18,21,28H,14-17,19-20H2,1-2H3,(H,31,38). The van der Waals surface area contributed by atoms with E-state index in [2.05, 4.69) is 25.5 Å². The average molecular weight is 528 g/mol. The number of hydrogen-bond donors (Lipinski definition) is 1. The first-order chi connectivity index (χ1) is 19.0. The zero-order valence-electron chi connectivity index (χ0n) is 22.2. The van der Waals surface area contributed by atoms with E-state index in [0.29, 0.717) is 24.4 Å². The highest BCUT2D eigenvalue weighted by atomic mass is 16.5. The number of ether oxygens (including phenoxy) is 1. The summed E-state index contributed by atoms with van der Waals surface area (Å²) in [5.41, 5.74) is 4.08. The molecule has 1 aliphatic heterocycles. The summed E-state index contributed by atoms with van der Waals surface area (Å²) in [5.74, 6) is -0.624. The summed E-state index contributed by atoms with van der Waals surface area (Å²) in [6.07, 6.45) is 3.40. The Morgan fingerprint density at radius 3 is 2.51 bits per heavy atom. The van der Waals surface area contributed by atoms with Gasteiger partial charge in [-0.25, -0.2) is 4.68 Å². The second kappa shape index (κ2) is 12.0. The third-order valence-corrected chi connectivity index (χ3v) is 6.85. The maximum Gasteiger partial charge on any atom is 0.247 e. The quantitative estimate of drug-likeness (QED) is 0.356. The van der Waals surface area contributed by atoms with E-state index >= 15 is 0 Å². The van der Waals surface area contributed by atoms with Gasteiger partial charge in [-0.1, -0.05) is 37.3 Å². The topological polar surface area (TPSA) is 105 Å². The summed E-state index contributed by atoms with van der Waals surface area (Å²) < 4.78 is 7.02. The lowest BCUT2D eigenvalue weighted by atomic mass is 10.00. The Labute approximate surface area is 227 Å². The van der Waals surface area contributed by atoms with Crippen LogP contribution >= 0.6 is 0 Å². The Morgan fingerprint density at radius 1 is 1.03 bits per heavy atom. The molecule has 202 valence electrons. The van der Waals surface area contributed by atoms with Crippen LogP contribution < -0.4 is 10.2 Å². The largest absolute Gasteiger partial charge is 0.378 e. The number of benzene rings is 2. The van der Waals surface area contributed by atoms with Gasteiger partial charge in [0.25, 0.3) is 0 Å². The summed E-state index contributed by atoms with van der Waals surface area (Å²) in [6, 6.07) is 18.3. The second-order valence-corrected chi connectivity index (χ2v) is 9.94. The predicted molar refractivity (Wildman–Crippen MR) is 149 cm³/mol. The van der Waals surface area contributed by atoms with Gasteiger partial charge in [0.15, 0.2) is 0 Å². The van der Waals surface area contributed by atoms with Crippen molar-refractivity contribution in [1.29, 1.82) is 0 Å². The minimum atomic E-state index is -0.716. The van der Waals surface area contributed by atoms with E-state index in [1.165, 1.54) is 0 Å². The molecule has 0 aliphatic carbocycles. The van der Waals surface area contributed by atoms with Crippen molar-refractivity contribution in [2.24, 2.45) is 5.92 Å². The normalized spacial score (nSPS) is 14.4. The van der Waals surface area contributed by atoms with E-state index < -0.39 is 6.04 Å². The fourth-order valence-electron chi connectivity index (χ4n) is 4.88. The Bertz CT molecular complexity index is 1400. The molecule has 0 radical (unpaired) electrons. The van der Waals surface area contributed by atoms with Crippen LogP contribution in [0.3, 0.4) is 0 Å². The Kier molecular flexibility index (Phi) is 8.12. The van der Waals surface area contributed by atoms with Gasteiger partial charge in [-0.15, -0.1) is 5.10 Å². The summed E-state index contributed by atoms with van der Waals surface area (Å²) in [4.78, 5) is 35.6. The number of carbonyl (C=O) groups excluding carboxylic acids is 2. The predicted octanol–water partition coefficient (Wildman–Crippen LogP) is 3.36. The van der Waals surface area contributed by atoms with Crippen LogP contribution in [0.1, 0.15) is 19.4 Å². The smallest absolute Gasteiger partial charge is 0.247 e. The summed E-state index contributed by atoms with van der Waals surface area (Å²) in [5, 5.41) is 11.4. The number of nitrogens with one attached hydrogen (secondary N) is 1. The van der Waals surface area contributed by atoms with Gasteiger partial charge in [-0.2, -0.15) is 0 Å². The third kappa shape index (κ3) is 6.23. The maximum absolute atomic E-state index is 13.8. The molecule has 1 unspecified atom stereocenters. The van der Waals surface area contributed by atoms with Crippen LogP contribution in [0.25, 0.3) is 11.0 Å². The molecule has 1 N–H and O–H groups in total. The van der Waals surface area contributed by atoms with E-state index in [4.69, 9.17) is 4.74 Å². The molecule has 0 spiro atoms. The van der Waals surface area contributed by atoms with E-state index in [9.17, 15) is 9.59 Å². The van der Waals surface area contributed by atoms with Crippen molar-refractivity contribution in [3.05, 3.63) is 78.6 Å². The Balaban J connectivity index is 1.37. The van der Waals surface area contributed by atoms with Gasteiger partial charge in [0.05, 0.1) is 18.7 Å². The number of carbonyl (C=O) groups is 2. The first kappa shape index (κ1) is 26.3. The molecule has 0 bridgehead atoms. The number of para-hydroxylation sites is 1. The van der Waals surface area contributed by atoms with Gasteiger partial charge in [0.2, 0.25) is 11.8 Å². The highest BCUT2D eigenvalue weighted by Gasteiger charge is 2.33. The molecule has 2 amide bonds. The molecule has 1 aliphatic rings. The summed E-state index contributed by atoms with van der Waals surface area (Å²) in [7, 11) is 0. The van der Waals surface area contributed by atoms with Gasteiger partial charge in [-0.05, 0) is 53.9 Å². The lowest BCUT2D eigenvalue weighted by Crippen LogP contribution is -2.50. The molecule has 39 heavy (non-hydrogen) atoms. The van der Waals surface area contributed by atoms with Crippen molar-refractivity contribution >= 4 is 34.2 Å². The van der Waals surface area contributed by atoms with Crippen molar-refractivity contribution < 1.29 is 14.3 Å². The monoisotopic (exact) mass is 527 g/mol. The number of anilines is 2. The van der Waals surface area contributed by atoms with Crippen molar-refractivity contribution in [1.82, 2.24) is 24.9 Å². The second-order valence-electron chi connectivity index (χ2n) is 9.94. The number of fused-ring (bicyclic) bond motifs is 1. The van der Waals surface area contributed by atoms with E-state index in [0.717, 1.165) is 29.9 Å². The number of morpholine rings is 1. The summed E-state index contributed by atoms with van der Waals surface area (Å²) in [6.45, 7) is 7.19. The van der Waals surface area contributed by atoms with Crippen LogP contribution in [0, 0.1) is 5.92 Å². The molecule has 0 saturated carbocycles. The van der Waals surface area contributed by atoms with Crippen molar-refractivity contribution in [3.63, 3.8) is 0 Å². The molecule has 10 heteroatoms. The van der Waals surface area contributed by atoms with Gasteiger partial charge in [-0.3, -0.25) is 14.6 Å². The third-order valence-electron chi connectivity index (χ3n) is 6.85. The number of amides is 2. The first-order valence-corrected chi connectivity index (χ1v) is 13.2. The number of pyridine rings is 1. The molecule has 1 saturated heterocycles. The van der Waals surface area contributed by atoms with Gasteiger partial charge in [0.1, 0.15) is 18.1 Å². The number of nitrogens with zero attached hydrogens (tertiary/aromatic N) is 6. The van der Waals surface area contributed by atoms with Gasteiger partial charge < -0.3 is 19.9 Å². The van der Waals surface area contributed by atoms with Gasteiger partial charge >= 0.3 is 0 Å². The zero-order valence-corrected chi connectivity index (χ0v) is 22.2. The Hall–Kier alpha value is -4.31. The zero-order chi connectivity index (χ0) is 27.2. The highest BCUT2D eigenvalue weighted by Crippen LogP contribution is 2.22. The fourth-order valence-corrected chi connectivity index (χ4v) is 4.88. The first-order valence-electron chi connectivity index (χ1n) is 13.2. The average Bonchev–Trinajstić information content (AvgIpc) is 3.36.